The Morgan fingerprint density at radius 3 is 0.723 bits per heavy atom. The molecule has 0 aliphatic rings. The molecule has 5 atom stereocenters. The molecule has 0 saturated heterocycles. The summed E-state index contributed by atoms with van der Waals surface area (Å²) in [6, 6.07) is 0. The number of carbonyl (C=O) groups excluding carboxylic acids is 4. The first-order valence-corrected chi connectivity index (χ1v) is 41.8. The van der Waals surface area contributed by atoms with Crippen LogP contribution in [0.3, 0.4) is 0 Å². The number of rotatable bonds is 73. The van der Waals surface area contributed by atoms with Gasteiger partial charge >= 0.3 is 39.5 Å². The van der Waals surface area contributed by atoms with Gasteiger partial charge in [0.15, 0.2) is 12.2 Å². The Labute approximate surface area is 575 Å². The summed E-state index contributed by atoms with van der Waals surface area (Å²) in [5, 5.41) is 10.6. The second-order valence-corrected chi connectivity index (χ2v) is 31.4. The molecule has 0 bridgehead atoms. The van der Waals surface area contributed by atoms with E-state index >= 15 is 0 Å². The molecule has 0 aromatic heterocycles. The smallest absolute Gasteiger partial charge is 0.462 e. The highest BCUT2D eigenvalue weighted by atomic mass is 31.2. The number of aliphatic hydroxyl groups is 1. The fourth-order valence-corrected chi connectivity index (χ4v) is 13.0. The standard InChI is InChI=1S/C75H146O17P2/c1-8-9-10-11-12-35-42-49-56-72(77)85-62-71(92-75(80)59-52-45-38-31-34-41-48-55-68(6)7)65-90-94(83,84)88-61-69(76)60-87-93(81,82)89-64-70(91-74(79)58-51-44-37-30-26-22-18-14-16-20-24-28-33-40-47-54-67(4)5)63-86-73(78)57-50-43-36-29-25-21-17-13-15-19-23-27-32-39-46-53-66(2)3/h66-71,76H,8-65H2,1-7H3,(H,81,82)(H,83,84)/t69-,70-,71-/m1/s1. The second kappa shape index (κ2) is 65.7. The fraction of sp³-hybridized carbons (Fsp3) is 0.947. The van der Waals surface area contributed by atoms with Crippen LogP contribution in [-0.2, 0) is 65.4 Å². The molecule has 558 valence electrons. The lowest BCUT2D eigenvalue weighted by atomic mass is 10.0. The van der Waals surface area contributed by atoms with Crippen molar-refractivity contribution >= 4 is 39.5 Å². The number of esters is 4. The number of aliphatic hydroxyl groups excluding tert-OH is 1. The second-order valence-electron chi connectivity index (χ2n) is 28.5. The molecule has 0 radical (unpaired) electrons. The summed E-state index contributed by atoms with van der Waals surface area (Å²) in [6.45, 7) is 11.9. The van der Waals surface area contributed by atoms with Crippen LogP contribution in [0.25, 0.3) is 0 Å². The van der Waals surface area contributed by atoms with Crippen molar-refractivity contribution in [3.05, 3.63) is 0 Å². The number of ether oxygens (including phenoxy) is 4. The minimum absolute atomic E-state index is 0.103. The highest BCUT2D eigenvalue weighted by Crippen LogP contribution is 2.45. The van der Waals surface area contributed by atoms with E-state index in [0.29, 0.717) is 31.6 Å². The van der Waals surface area contributed by atoms with Crippen LogP contribution in [0.2, 0.25) is 0 Å². The van der Waals surface area contributed by atoms with E-state index in [0.717, 1.165) is 108 Å². The van der Waals surface area contributed by atoms with Gasteiger partial charge in [-0.25, -0.2) is 9.13 Å². The van der Waals surface area contributed by atoms with Gasteiger partial charge < -0.3 is 33.8 Å². The van der Waals surface area contributed by atoms with Gasteiger partial charge in [-0.05, 0) is 43.4 Å². The Hall–Kier alpha value is -1.94. The van der Waals surface area contributed by atoms with Gasteiger partial charge in [0.1, 0.15) is 19.3 Å². The predicted octanol–water partition coefficient (Wildman–Crippen LogP) is 21.8. The van der Waals surface area contributed by atoms with Gasteiger partial charge in [-0.2, -0.15) is 0 Å². The third-order valence-electron chi connectivity index (χ3n) is 17.4. The van der Waals surface area contributed by atoms with Crippen LogP contribution >= 0.6 is 15.6 Å². The molecular weight excluding hydrogens is 1230 g/mol. The van der Waals surface area contributed by atoms with E-state index in [2.05, 4.69) is 48.5 Å². The number of unbranched alkanes of at least 4 members (excludes halogenated alkanes) is 41. The average Bonchev–Trinajstić information content (AvgIpc) is 3.30. The van der Waals surface area contributed by atoms with Crippen molar-refractivity contribution in [3.8, 4) is 0 Å². The minimum atomic E-state index is -4.96. The third kappa shape index (κ3) is 68.6. The van der Waals surface area contributed by atoms with E-state index < -0.39 is 97.5 Å². The van der Waals surface area contributed by atoms with Crippen molar-refractivity contribution in [1.29, 1.82) is 0 Å². The lowest BCUT2D eigenvalue weighted by Gasteiger charge is -2.21. The number of hydrogen-bond acceptors (Lipinski definition) is 15. The molecule has 0 aromatic rings. The largest absolute Gasteiger partial charge is 0.472 e. The molecule has 17 nitrogen and oxygen atoms in total. The van der Waals surface area contributed by atoms with Gasteiger partial charge in [-0.3, -0.25) is 37.3 Å². The fourth-order valence-electron chi connectivity index (χ4n) is 11.4. The van der Waals surface area contributed by atoms with E-state index in [1.807, 2.05) is 0 Å². The van der Waals surface area contributed by atoms with Gasteiger partial charge in [0.2, 0.25) is 0 Å². The van der Waals surface area contributed by atoms with Gasteiger partial charge in [0.25, 0.3) is 0 Å². The molecule has 0 aliphatic heterocycles. The number of phosphoric acid groups is 2. The minimum Gasteiger partial charge on any atom is -0.462 e. The summed E-state index contributed by atoms with van der Waals surface area (Å²) in [5.74, 6) is 0.181. The molecule has 0 aromatic carbocycles. The molecule has 0 saturated carbocycles. The summed E-state index contributed by atoms with van der Waals surface area (Å²) >= 11 is 0. The number of carbonyl (C=O) groups is 4. The van der Waals surface area contributed by atoms with Crippen LogP contribution in [0, 0.1) is 17.8 Å². The van der Waals surface area contributed by atoms with Crippen LogP contribution in [-0.4, -0.2) is 96.7 Å². The Morgan fingerprint density at radius 1 is 0.287 bits per heavy atom. The zero-order chi connectivity index (χ0) is 69.4. The lowest BCUT2D eigenvalue weighted by molar-refractivity contribution is -0.161. The Bertz CT molecular complexity index is 1840. The summed E-state index contributed by atoms with van der Waals surface area (Å²) in [4.78, 5) is 72.6. The molecule has 0 fully saturated rings. The maximum Gasteiger partial charge on any atom is 0.472 e. The molecule has 19 heteroatoms. The SMILES string of the molecule is CCCCCCCCCCC(=O)OC[C@H](COP(=O)(O)OC[C@H](O)COP(=O)(O)OC[C@@H](COC(=O)CCCCCCCCCCCCCCCCCC(C)C)OC(=O)CCCCCCCCCCCCCCCCCC(C)C)OC(=O)CCCCCCCCCC(C)C. The Morgan fingerprint density at radius 2 is 0.489 bits per heavy atom. The number of phosphoric ester groups is 2. The van der Waals surface area contributed by atoms with Gasteiger partial charge in [0, 0.05) is 25.7 Å². The van der Waals surface area contributed by atoms with Crippen molar-refractivity contribution in [2.45, 2.75) is 401 Å². The van der Waals surface area contributed by atoms with E-state index in [4.69, 9.17) is 37.0 Å². The molecule has 0 spiro atoms. The van der Waals surface area contributed by atoms with Crippen LogP contribution in [0.15, 0.2) is 0 Å². The average molecular weight is 1380 g/mol. The maximum absolute atomic E-state index is 13.1. The molecule has 0 rings (SSSR count). The molecule has 0 amide bonds. The predicted molar refractivity (Wildman–Crippen MR) is 381 cm³/mol. The van der Waals surface area contributed by atoms with Gasteiger partial charge in [0.05, 0.1) is 26.4 Å². The normalized spacial score (nSPS) is 14.1. The zero-order valence-corrected chi connectivity index (χ0v) is 63.2. The Kier molecular flexibility index (Phi) is 64.3. The lowest BCUT2D eigenvalue weighted by Crippen LogP contribution is -2.30. The van der Waals surface area contributed by atoms with E-state index in [1.165, 1.54) is 186 Å². The molecule has 2 unspecified atom stereocenters. The van der Waals surface area contributed by atoms with Crippen LogP contribution in [0.5, 0.6) is 0 Å². The maximum atomic E-state index is 13.1. The van der Waals surface area contributed by atoms with Crippen LogP contribution < -0.4 is 0 Å². The van der Waals surface area contributed by atoms with Gasteiger partial charge in [-0.15, -0.1) is 0 Å². The molecule has 0 heterocycles. The molecular formula is C75H146O17P2. The van der Waals surface area contributed by atoms with Crippen LogP contribution in [0.4, 0.5) is 0 Å². The monoisotopic (exact) mass is 1380 g/mol. The first-order valence-electron chi connectivity index (χ1n) is 38.8. The summed E-state index contributed by atoms with van der Waals surface area (Å²) < 4.78 is 68.4. The summed E-state index contributed by atoms with van der Waals surface area (Å²) in [6.07, 6.45) is 51.6. The summed E-state index contributed by atoms with van der Waals surface area (Å²) in [5.41, 5.74) is 0. The van der Waals surface area contributed by atoms with Gasteiger partial charge in [-0.1, -0.05) is 331 Å². The van der Waals surface area contributed by atoms with Crippen molar-refractivity contribution in [1.82, 2.24) is 0 Å². The highest BCUT2D eigenvalue weighted by Gasteiger charge is 2.30. The molecule has 3 N–H and O–H groups in total. The number of hydrogen-bond donors (Lipinski definition) is 3. The van der Waals surface area contributed by atoms with Crippen molar-refractivity contribution in [2.24, 2.45) is 17.8 Å². The summed E-state index contributed by atoms with van der Waals surface area (Å²) in [7, 11) is -9.90. The quantitative estimate of drug-likeness (QED) is 0.0222. The first-order chi connectivity index (χ1) is 45.2. The highest BCUT2D eigenvalue weighted by molar-refractivity contribution is 7.47. The van der Waals surface area contributed by atoms with Crippen molar-refractivity contribution in [3.63, 3.8) is 0 Å². The van der Waals surface area contributed by atoms with Crippen molar-refractivity contribution < 1.29 is 80.2 Å². The zero-order valence-electron chi connectivity index (χ0n) is 61.4. The van der Waals surface area contributed by atoms with Crippen molar-refractivity contribution in [2.75, 3.05) is 39.6 Å². The van der Waals surface area contributed by atoms with E-state index in [-0.39, 0.29) is 25.7 Å². The topological polar surface area (TPSA) is 237 Å². The molecule has 0 aliphatic carbocycles. The molecule has 94 heavy (non-hydrogen) atoms. The first kappa shape index (κ1) is 92.1. The third-order valence-corrected chi connectivity index (χ3v) is 19.3. The Balaban J connectivity index is 5.19. The van der Waals surface area contributed by atoms with E-state index in [9.17, 15) is 43.2 Å². The van der Waals surface area contributed by atoms with E-state index in [1.54, 1.807) is 0 Å². The van der Waals surface area contributed by atoms with Crippen LogP contribution in [0.1, 0.15) is 382 Å².